The zero-order valence-electron chi connectivity index (χ0n) is 9.94. The average Bonchev–Trinajstić information content (AvgIpc) is 2.29. The molecule has 0 bridgehead atoms. The van der Waals surface area contributed by atoms with Crippen LogP contribution in [0.2, 0.25) is 0 Å². The SMILES string of the molecule is CCC(C(=O)N1CCCC(OC)C1)C(N)=S. The molecule has 2 atom stereocenters. The average molecular weight is 244 g/mol. The molecule has 4 nitrogen and oxygen atoms in total. The largest absolute Gasteiger partial charge is 0.393 e. The third-order valence-corrected chi connectivity index (χ3v) is 3.36. The molecule has 5 heteroatoms. The first-order chi connectivity index (χ1) is 7.60. The van der Waals surface area contributed by atoms with Gasteiger partial charge >= 0.3 is 0 Å². The molecule has 0 saturated carbocycles. The highest BCUT2D eigenvalue weighted by Crippen LogP contribution is 2.16. The number of piperidine rings is 1. The summed E-state index contributed by atoms with van der Waals surface area (Å²) in [7, 11) is 1.68. The molecule has 2 unspecified atom stereocenters. The van der Waals surface area contributed by atoms with E-state index in [9.17, 15) is 4.79 Å². The molecule has 0 spiro atoms. The van der Waals surface area contributed by atoms with Crippen molar-refractivity contribution in [3.8, 4) is 0 Å². The van der Waals surface area contributed by atoms with E-state index in [-0.39, 0.29) is 17.9 Å². The molecule has 0 radical (unpaired) electrons. The quantitative estimate of drug-likeness (QED) is 0.748. The van der Waals surface area contributed by atoms with Crippen molar-refractivity contribution in [2.24, 2.45) is 11.7 Å². The van der Waals surface area contributed by atoms with Gasteiger partial charge in [-0.05, 0) is 19.3 Å². The van der Waals surface area contributed by atoms with E-state index in [0.29, 0.717) is 18.0 Å². The molecular formula is C11H20N2O2S. The summed E-state index contributed by atoms with van der Waals surface area (Å²) in [5.74, 6) is -0.262. The van der Waals surface area contributed by atoms with Crippen molar-refractivity contribution >= 4 is 23.1 Å². The Kier molecular flexibility index (Phi) is 5.15. The molecule has 0 aliphatic carbocycles. The van der Waals surface area contributed by atoms with Crippen molar-refractivity contribution in [1.29, 1.82) is 0 Å². The molecule has 16 heavy (non-hydrogen) atoms. The highest BCUT2D eigenvalue weighted by molar-refractivity contribution is 7.80. The highest BCUT2D eigenvalue weighted by Gasteiger charge is 2.29. The number of ether oxygens (including phenoxy) is 1. The van der Waals surface area contributed by atoms with Gasteiger partial charge in [0.2, 0.25) is 5.91 Å². The molecule has 1 saturated heterocycles. The number of hydrogen-bond acceptors (Lipinski definition) is 3. The predicted octanol–water partition coefficient (Wildman–Crippen LogP) is 0.936. The molecule has 0 aromatic heterocycles. The van der Waals surface area contributed by atoms with Crippen molar-refractivity contribution in [3.05, 3.63) is 0 Å². The van der Waals surface area contributed by atoms with E-state index in [2.05, 4.69) is 0 Å². The Morgan fingerprint density at radius 3 is 2.88 bits per heavy atom. The number of nitrogens with zero attached hydrogens (tertiary/aromatic N) is 1. The van der Waals surface area contributed by atoms with Gasteiger partial charge in [0.05, 0.1) is 17.0 Å². The summed E-state index contributed by atoms with van der Waals surface area (Å²) in [5.41, 5.74) is 5.57. The van der Waals surface area contributed by atoms with Crippen molar-refractivity contribution in [1.82, 2.24) is 4.90 Å². The lowest BCUT2D eigenvalue weighted by molar-refractivity contribution is -0.136. The summed E-state index contributed by atoms with van der Waals surface area (Å²) >= 11 is 4.92. The van der Waals surface area contributed by atoms with Gasteiger partial charge in [-0.3, -0.25) is 4.79 Å². The van der Waals surface area contributed by atoms with Crippen molar-refractivity contribution in [3.63, 3.8) is 0 Å². The van der Waals surface area contributed by atoms with Crippen LogP contribution < -0.4 is 5.73 Å². The van der Waals surface area contributed by atoms with E-state index in [1.54, 1.807) is 7.11 Å². The maximum Gasteiger partial charge on any atom is 0.232 e. The number of methoxy groups -OCH3 is 1. The van der Waals surface area contributed by atoms with Gasteiger partial charge in [0, 0.05) is 20.2 Å². The van der Waals surface area contributed by atoms with E-state index in [1.165, 1.54) is 0 Å². The number of carbonyl (C=O) groups excluding carboxylic acids is 1. The standard InChI is InChI=1S/C11H20N2O2S/c1-3-9(10(12)16)11(14)13-6-4-5-8(7-13)15-2/h8-9H,3-7H2,1-2H3,(H2,12,16). The third kappa shape index (κ3) is 3.15. The fourth-order valence-corrected chi connectivity index (χ4v) is 2.32. The Morgan fingerprint density at radius 1 is 1.69 bits per heavy atom. The minimum atomic E-state index is -0.314. The van der Waals surface area contributed by atoms with E-state index in [0.717, 1.165) is 19.4 Å². The van der Waals surface area contributed by atoms with Crippen LogP contribution in [0.15, 0.2) is 0 Å². The van der Waals surface area contributed by atoms with Gasteiger partial charge in [0.15, 0.2) is 0 Å². The summed E-state index contributed by atoms with van der Waals surface area (Å²) < 4.78 is 5.29. The highest BCUT2D eigenvalue weighted by atomic mass is 32.1. The lowest BCUT2D eigenvalue weighted by atomic mass is 10.0. The number of carbonyl (C=O) groups is 1. The molecule has 2 N–H and O–H groups in total. The third-order valence-electron chi connectivity index (χ3n) is 3.07. The van der Waals surface area contributed by atoms with Crippen LogP contribution in [-0.2, 0) is 9.53 Å². The van der Waals surface area contributed by atoms with Crippen LogP contribution >= 0.6 is 12.2 Å². The van der Waals surface area contributed by atoms with Crippen LogP contribution in [-0.4, -0.2) is 42.1 Å². The number of nitrogens with two attached hydrogens (primary N) is 1. The monoisotopic (exact) mass is 244 g/mol. The molecule has 1 aliphatic heterocycles. The number of amides is 1. The maximum atomic E-state index is 12.1. The number of rotatable bonds is 4. The number of hydrogen-bond donors (Lipinski definition) is 1. The normalized spacial score (nSPS) is 22.9. The smallest absolute Gasteiger partial charge is 0.232 e. The molecule has 1 amide bonds. The Bertz CT molecular complexity index is 271. The van der Waals surface area contributed by atoms with Gasteiger partial charge in [-0.1, -0.05) is 19.1 Å². The summed E-state index contributed by atoms with van der Waals surface area (Å²) in [6.45, 7) is 3.38. The predicted molar refractivity (Wildman–Crippen MR) is 67.2 cm³/mol. The van der Waals surface area contributed by atoms with Crippen molar-refractivity contribution in [2.45, 2.75) is 32.3 Å². The Morgan fingerprint density at radius 2 is 2.38 bits per heavy atom. The Balaban J connectivity index is 2.61. The maximum absolute atomic E-state index is 12.1. The van der Waals surface area contributed by atoms with Crippen LogP contribution in [0, 0.1) is 5.92 Å². The fourth-order valence-electron chi connectivity index (χ4n) is 2.05. The number of thiocarbonyl (C=S) groups is 1. The molecular weight excluding hydrogens is 224 g/mol. The van der Waals surface area contributed by atoms with Crippen LogP contribution in [0.1, 0.15) is 26.2 Å². The van der Waals surface area contributed by atoms with Gasteiger partial charge in [-0.25, -0.2) is 0 Å². The first kappa shape index (κ1) is 13.4. The summed E-state index contributed by atoms with van der Waals surface area (Å²) in [6, 6.07) is 0. The zero-order valence-corrected chi connectivity index (χ0v) is 10.8. The minimum absolute atomic E-state index is 0.0525. The van der Waals surface area contributed by atoms with Gasteiger partial charge in [-0.15, -0.1) is 0 Å². The number of likely N-dealkylation sites (tertiary alicyclic amines) is 1. The van der Waals surface area contributed by atoms with Crippen LogP contribution in [0.3, 0.4) is 0 Å². The summed E-state index contributed by atoms with van der Waals surface area (Å²) in [4.78, 5) is 14.3. The summed E-state index contributed by atoms with van der Waals surface area (Å²) in [5, 5.41) is 0. The molecule has 1 rings (SSSR count). The van der Waals surface area contributed by atoms with Gasteiger partial charge in [0.1, 0.15) is 0 Å². The zero-order chi connectivity index (χ0) is 12.1. The van der Waals surface area contributed by atoms with Gasteiger partial charge in [0.25, 0.3) is 0 Å². The van der Waals surface area contributed by atoms with Crippen LogP contribution in [0.25, 0.3) is 0 Å². The summed E-state index contributed by atoms with van der Waals surface area (Å²) in [6.07, 6.45) is 2.83. The minimum Gasteiger partial charge on any atom is -0.393 e. The fraction of sp³-hybridized carbons (Fsp3) is 0.818. The lowest BCUT2D eigenvalue weighted by Gasteiger charge is -2.33. The van der Waals surface area contributed by atoms with Crippen LogP contribution in [0.5, 0.6) is 0 Å². The molecule has 1 fully saturated rings. The first-order valence-corrected chi connectivity index (χ1v) is 6.11. The van der Waals surface area contributed by atoms with E-state index >= 15 is 0 Å². The van der Waals surface area contributed by atoms with E-state index in [1.807, 2.05) is 11.8 Å². The Labute approximate surface area is 102 Å². The second kappa shape index (κ2) is 6.15. The lowest BCUT2D eigenvalue weighted by Crippen LogP contribution is -2.47. The van der Waals surface area contributed by atoms with E-state index in [4.69, 9.17) is 22.7 Å². The first-order valence-electron chi connectivity index (χ1n) is 5.71. The molecule has 1 heterocycles. The molecule has 92 valence electrons. The van der Waals surface area contributed by atoms with Crippen LogP contribution in [0.4, 0.5) is 0 Å². The van der Waals surface area contributed by atoms with Crippen molar-refractivity contribution in [2.75, 3.05) is 20.2 Å². The van der Waals surface area contributed by atoms with E-state index < -0.39 is 0 Å². The Hall–Kier alpha value is -0.680. The molecule has 1 aliphatic rings. The second-order valence-electron chi connectivity index (χ2n) is 4.15. The second-order valence-corrected chi connectivity index (χ2v) is 4.62. The topological polar surface area (TPSA) is 55.6 Å². The molecule has 0 aromatic rings. The van der Waals surface area contributed by atoms with Gasteiger partial charge in [-0.2, -0.15) is 0 Å². The van der Waals surface area contributed by atoms with Crippen molar-refractivity contribution < 1.29 is 9.53 Å². The van der Waals surface area contributed by atoms with Gasteiger partial charge < -0.3 is 15.4 Å². The molecule has 0 aromatic carbocycles.